The number of carboxylic acid groups (broad SMARTS) is 1. The third-order valence-corrected chi connectivity index (χ3v) is 3.50. The van der Waals surface area contributed by atoms with E-state index < -0.39 is 12.0 Å². The van der Waals surface area contributed by atoms with Crippen LogP contribution in [0.1, 0.15) is 44.9 Å². The predicted octanol–water partition coefficient (Wildman–Crippen LogP) is 1.39. The van der Waals surface area contributed by atoms with Crippen molar-refractivity contribution in [2.24, 2.45) is 0 Å². The molecule has 1 N–H and O–H groups in total. The average Bonchev–Trinajstić information content (AvgIpc) is 2.70. The van der Waals surface area contributed by atoms with Gasteiger partial charge < -0.3 is 10.0 Å². The van der Waals surface area contributed by atoms with Crippen LogP contribution in [0.4, 0.5) is 0 Å². The Kier molecular flexibility index (Phi) is 2.93. The van der Waals surface area contributed by atoms with Gasteiger partial charge in [-0.15, -0.1) is 0 Å². The highest BCUT2D eigenvalue weighted by Gasteiger charge is 2.38. The first kappa shape index (κ1) is 10.5. The lowest BCUT2D eigenvalue weighted by Gasteiger charge is -2.37. The van der Waals surface area contributed by atoms with Crippen LogP contribution in [-0.4, -0.2) is 34.0 Å². The largest absolute Gasteiger partial charge is 0.480 e. The molecule has 2 aliphatic rings. The monoisotopic (exact) mass is 211 g/mol. The van der Waals surface area contributed by atoms with E-state index >= 15 is 0 Å². The first-order valence-electron chi connectivity index (χ1n) is 5.74. The second-order valence-electron chi connectivity index (χ2n) is 4.49. The molecule has 2 fully saturated rings. The van der Waals surface area contributed by atoms with E-state index in [9.17, 15) is 9.59 Å². The fourth-order valence-electron chi connectivity index (χ4n) is 2.77. The summed E-state index contributed by atoms with van der Waals surface area (Å²) < 4.78 is 0. The van der Waals surface area contributed by atoms with Gasteiger partial charge in [0, 0.05) is 12.5 Å². The van der Waals surface area contributed by atoms with Crippen molar-refractivity contribution in [2.75, 3.05) is 0 Å². The van der Waals surface area contributed by atoms with Gasteiger partial charge in [0.05, 0.1) is 0 Å². The summed E-state index contributed by atoms with van der Waals surface area (Å²) in [5.74, 6) is -0.796. The first-order chi connectivity index (χ1) is 7.20. The molecular weight excluding hydrogens is 194 g/mol. The van der Waals surface area contributed by atoms with Gasteiger partial charge in [-0.05, 0) is 25.7 Å². The third-order valence-electron chi connectivity index (χ3n) is 3.50. The number of rotatable bonds is 2. The van der Waals surface area contributed by atoms with E-state index in [2.05, 4.69) is 0 Å². The molecule has 0 aromatic carbocycles. The molecule has 0 aromatic heterocycles. The molecule has 2 rings (SSSR count). The SMILES string of the molecule is O=C(O)C1CCCC(=O)N1C1CCCC1. The van der Waals surface area contributed by atoms with Gasteiger partial charge >= 0.3 is 5.97 Å². The number of amides is 1. The van der Waals surface area contributed by atoms with Crippen LogP contribution >= 0.6 is 0 Å². The lowest BCUT2D eigenvalue weighted by atomic mass is 9.98. The number of carboxylic acids is 1. The van der Waals surface area contributed by atoms with E-state index in [1.54, 1.807) is 4.90 Å². The number of hydrogen-bond donors (Lipinski definition) is 1. The Morgan fingerprint density at radius 2 is 1.87 bits per heavy atom. The van der Waals surface area contributed by atoms with Crippen molar-refractivity contribution in [3.05, 3.63) is 0 Å². The van der Waals surface area contributed by atoms with E-state index in [-0.39, 0.29) is 11.9 Å². The van der Waals surface area contributed by atoms with Gasteiger partial charge in [-0.1, -0.05) is 12.8 Å². The Morgan fingerprint density at radius 3 is 2.47 bits per heavy atom. The molecule has 0 aromatic rings. The molecule has 84 valence electrons. The Labute approximate surface area is 89.3 Å². The molecule has 1 saturated carbocycles. The molecule has 0 bridgehead atoms. The summed E-state index contributed by atoms with van der Waals surface area (Å²) in [5, 5.41) is 9.09. The summed E-state index contributed by atoms with van der Waals surface area (Å²) in [6, 6.07) is -0.367. The van der Waals surface area contributed by atoms with E-state index in [1.807, 2.05) is 0 Å². The first-order valence-corrected chi connectivity index (χ1v) is 5.74. The minimum atomic E-state index is -0.838. The number of aliphatic carboxylic acids is 1. The molecule has 1 atom stereocenters. The summed E-state index contributed by atoms with van der Waals surface area (Å²) in [6.45, 7) is 0. The van der Waals surface area contributed by atoms with E-state index in [0.29, 0.717) is 12.8 Å². The fourth-order valence-corrected chi connectivity index (χ4v) is 2.77. The maximum atomic E-state index is 11.8. The van der Waals surface area contributed by atoms with Crippen molar-refractivity contribution in [1.82, 2.24) is 4.90 Å². The van der Waals surface area contributed by atoms with E-state index in [4.69, 9.17) is 5.11 Å². The highest BCUT2D eigenvalue weighted by atomic mass is 16.4. The molecular formula is C11H17NO3. The Balaban J connectivity index is 2.14. The van der Waals surface area contributed by atoms with E-state index in [1.165, 1.54) is 0 Å². The quantitative estimate of drug-likeness (QED) is 0.751. The molecule has 1 unspecified atom stereocenters. The van der Waals surface area contributed by atoms with Crippen molar-refractivity contribution < 1.29 is 14.7 Å². The number of carbonyl (C=O) groups is 2. The zero-order valence-corrected chi connectivity index (χ0v) is 8.82. The number of hydrogen-bond acceptors (Lipinski definition) is 2. The molecule has 4 nitrogen and oxygen atoms in total. The van der Waals surface area contributed by atoms with Crippen molar-refractivity contribution in [2.45, 2.75) is 57.0 Å². The molecule has 1 aliphatic carbocycles. The highest BCUT2D eigenvalue weighted by Crippen LogP contribution is 2.30. The lowest BCUT2D eigenvalue weighted by Crippen LogP contribution is -2.52. The Morgan fingerprint density at radius 1 is 1.20 bits per heavy atom. The Bertz CT molecular complexity index is 271. The Hall–Kier alpha value is -1.06. The second kappa shape index (κ2) is 4.21. The molecule has 1 aliphatic heterocycles. The summed E-state index contributed by atoms with van der Waals surface area (Å²) in [5.41, 5.74) is 0. The molecule has 1 heterocycles. The second-order valence-corrected chi connectivity index (χ2v) is 4.49. The molecule has 1 saturated heterocycles. The van der Waals surface area contributed by atoms with Crippen molar-refractivity contribution in [3.8, 4) is 0 Å². The number of nitrogens with zero attached hydrogens (tertiary/aromatic N) is 1. The van der Waals surface area contributed by atoms with Gasteiger partial charge in [0.15, 0.2) is 0 Å². The molecule has 4 heteroatoms. The van der Waals surface area contributed by atoms with Crippen LogP contribution in [0.25, 0.3) is 0 Å². The van der Waals surface area contributed by atoms with Gasteiger partial charge in [-0.2, -0.15) is 0 Å². The van der Waals surface area contributed by atoms with Crippen LogP contribution in [0, 0.1) is 0 Å². The van der Waals surface area contributed by atoms with Gasteiger partial charge in [0.1, 0.15) is 6.04 Å². The zero-order chi connectivity index (χ0) is 10.8. The topological polar surface area (TPSA) is 57.6 Å². The minimum Gasteiger partial charge on any atom is -0.480 e. The van der Waals surface area contributed by atoms with Gasteiger partial charge in [-0.3, -0.25) is 4.79 Å². The minimum absolute atomic E-state index is 0.0422. The summed E-state index contributed by atoms with van der Waals surface area (Å²) in [4.78, 5) is 24.5. The molecule has 15 heavy (non-hydrogen) atoms. The van der Waals surface area contributed by atoms with Gasteiger partial charge in [0.25, 0.3) is 0 Å². The summed E-state index contributed by atoms with van der Waals surface area (Å²) in [6.07, 6.45) is 6.09. The normalized spacial score (nSPS) is 28.4. The number of piperidine rings is 1. The maximum absolute atomic E-state index is 11.8. The summed E-state index contributed by atoms with van der Waals surface area (Å²) in [7, 11) is 0. The van der Waals surface area contributed by atoms with Crippen LogP contribution in [0.3, 0.4) is 0 Å². The average molecular weight is 211 g/mol. The van der Waals surface area contributed by atoms with Crippen LogP contribution in [-0.2, 0) is 9.59 Å². The van der Waals surface area contributed by atoms with Crippen LogP contribution in [0.5, 0.6) is 0 Å². The predicted molar refractivity (Wildman–Crippen MR) is 54.4 cm³/mol. The van der Waals surface area contributed by atoms with Crippen molar-refractivity contribution in [1.29, 1.82) is 0 Å². The van der Waals surface area contributed by atoms with Crippen LogP contribution in [0.15, 0.2) is 0 Å². The molecule has 0 radical (unpaired) electrons. The summed E-state index contributed by atoms with van der Waals surface area (Å²) >= 11 is 0. The standard InChI is InChI=1S/C11H17NO3/c13-10-7-3-6-9(11(14)15)12(10)8-4-1-2-5-8/h8-9H,1-7H2,(H,14,15). The maximum Gasteiger partial charge on any atom is 0.326 e. The zero-order valence-electron chi connectivity index (χ0n) is 8.82. The number of likely N-dealkylation sites (tertiary alicyclic amines) is 1. The smallest absolute Gasteiger partial charge is 0.326 e. The lowest BCUT2D eigenvalue weighted by molar-refractivity contribution is -0.155. The van der Waals surface area contributed by atoms with Gasteiger partial charge in [-0.25, -0.2) is 4.79 Å². The van der Waals surface area contributed by atoms with Crippen molar-refractivity contribution >= 4 is 11.9 Å². The highest BCUT2D eigenvalue weighted by molar-refractivity contribution is 5.85. The van der Waals surface area contributed by atoms with Gasteiger partial charge in [0.2, 0.25) is 5.91 Å². The fraction of sp³-hybridized carbons (Fsp3) is 0.818. The van der Waals surface area contributed by atoms with Crippen LogP contribution in [0.2, 0.25) is 0 Å². The molecule has 1 amide bonds. The third kappa shape index (κ3) is 1.98. The molecule has 0 spiro atoms. The van der Waals surface area contributed by atoms with E-state index in [0.717, 1.165) is 32.1 Å². The van der Waals surface area contributed by atoms with Crippen LogP contribution < -0.4 is 0 Å². The van der Waals surface area contributed by atoms with Crippen molar-refractivity contribution in [3.63, 3.8) is 0 Å². The number of carbonyl (C=O) groups excluding carboxylic acids is 1.